The van der Waals surface area contributed by atoms with Crippen molar-refractivity contribution in [3.63, 3.8) is 0 Å². The van der Waals surface area contributed by atoms with E-state index in [0.717, 1.165) is 5.57 Å². The van der Waals surface area contributed by atoms with E-state index in [1.54, 1.807) is 0 Å². The van der Waals surface area contributed by atoms with Crippen molar-refractivity contribution >= 4 is 5.84 Å². The van der Waals surface area contributed by atoms with E-state index in [2.05, 4.69) is 15.6 Å². The Morgan fingerprint density at radius 2 is 2.31 bits per heavy atom. The molecule has 2 rings (SSSR count). The van der Waals surface area contributed by atoms with E-state index in [9.17, 15) is 0 Å². The molecule has 4 nitrogen and oxygen atoms in total. The van der Waals surface area contributed by atoms with E-state index in [0.29, 0.717) is 5.84 Å². The summed E-state index contributed by atoms with van der Waals surface area (Å²) in [4.78, 5) is 0. The van der Waals surface area contributed by atoms with E-state index in [1.165, 1.54) is 0 Å². The Morgan fingerprint density at radius 3 is 3.08 bits per heavy atom. The zero-order valence-electron chi connectivity index (χ0n) is 6.74. The summed E-state index contributed by atoms with van der Waals surface area (Å²) < 4.78 is 0. The largest absolute Gasteiger partial charge is 1.00 e. The van der Waals surface area contributed by atoms with Crippen molar-refractivity contribution in [2.24, 2.45) is 16.1 Å². The van der Waals surface area contributed by atoms with Gasteiger partial charge in [-0.3, -0.25) is 5.43 Å². The van der Waals surface area contributed by atoms with Crippen molar-refractivity contribution in [2.45, 2.75) is 0 Å². The maximum atomic E-state index is 6.89. The Balaban J connectivity index is 0.000000845. The molecule has 0 saturated carbocycles. The molecule has 68 valence electrons. The first kappa shape index (κ1) is 9.67. The van der Waals surface area contributed by atoms with Crippen molar-refractivity contribution in [2.75, 3.05) is 0 Å². The Hall–Kier alpha value is -1.42. The van der Waals surface area contributed by atoms with E-state index in [4.69, 9.17) is 5.53 Å². The predicted molar refractivity (Wildman–Crippen MR) is 45.6 cm³/mol. The van der Waals surface area contributed by atoms with Gasteiger partial charge in [-0.1, -0.05) is 24.3 Å². The van der Waals surface area contributed by atoms with Gasteiger partial charge in [0, 0.05) is 6.20 Å². The van der Waals surface area contributed by atoms with Crippen LogP contribution in [0, 0.1) is 11.4 Å². The second-order valence-corrected chi connectivity index (χ2v) is 2.58. The summed E-state index contributed by atoms with van der Waals surface area (Å²) in [5.41, 5.74) is 10.7. The van der Waals surface area contributed by atoms with Gasteiger partial charge in [0.1, 0.15) is 0 Å². The molecule has 2 aliphatic rings. The van der Waals surface area contributed by atoms with Gasteiger partial charge in [-0.2, -0.15) is 5.10 Å². The molecule has 0 bridgehead atoms. The highest BCUT2D eigenvalue weighted by atomic mass is 35.5. The Morgan fingerprint density at radius 1 is 1.46 bits per heavy atom. The molecule has 0 fully saturated rings. The van der Waals surface area contributed by atoms with Gasteiger partial charge < -0.3 is 12.4 Å². The van der Waals surface area contributed by atoms with Crippen LogP contribution in [-0.4, -0.2) is 5.84 Å². The first-order valence-corrected chi connectivity index (χ1v) is 3.67. The number of nitrogens with zero attached hydrogens (tertiary/aromatic N) is 2. The van der Waals surface area contributed by atoms with Crippen LogP contribution < -0.4 is 17.8 Å². The topological polar surface area (TPSA) is 60.6 Å². The van der Waals surface area contributed by atoms with E-state index in [-0.39, 0.29) is 18.3 Å². The molecule has 0 radical (unpaired) electrons. The van der Waals surface area contributed by atoms with Crippen LogP contribution in [0.15, 0.2) is 46.3 Å². The van der Waals surface area contributed by atoms with E-state index < -0.39 is 0 Å². The lowest BCUT2D eigenvalue weighted by Crippen LogP contribution is -3.00. The number of amidine groups is 1. The molecule has 5 heteroatoms. The van der Waals surface area contributed by atoms with Crippen LogP contribution in [0.4, 0.5) is 0 Å². The lowest BCUT2D eigenvalue weighted by molar-refractivity contribution is -0.00000265. The van der Waals surface area contributed by atoms with Crippen LogP contribution in [0.25, 0.3) is 0 Å². The van der Waals surface area contributed by atoms with Crippen molar-refractivity contribution in [3.8, 4) is 0 Å². The van der Waals surface area contributed by atoms with Crippen molar-refractivity contribution < 1.29 is 12.4 Å². The minimum atomic E-state index is 0. The first-order valence-electron chi connectivity index (χ1n) is 3.67. The number of allylic oxidation sites excluding steroid dienone is 3. The Kier molecular flexibility index (Phi) is 2.97. The zero-order chi connectivity index (χ0) is 8.39. The molecular formula is C8H8ClN4-. The number of hydrazone groups is 1. The summed E-state index contributed by atoms with van der Waals surface area (Å²) in [6.45, 7) is 0. The maximum Gasteiger partial charge on any atom is 0.181 e. The Labute approximate surface area is 82.0 Å². The number of hydrogen-bond donors (Lipinski definition) is 2. The third kappa shape index (κ3) is 1.67. The fraction of sp³-hybridized carbons (Fsp3) is 0.125. The molecule has 1 aliphatic heterocycles. The van der Waals surface area contributed by atoms with Crippen molar-refractivity contribution in [1.82, 2.24) is 5.43 Å². The second-order valence-electron chi connectivity index (χ2n) is 2.58. The number of halogens is 1. The molecule has 1 heterocycles. The van der Waals surface area contributed by atoms with E-state index in [1.807, 2.05) is 30.5 Å². The predicted octanol–water partition coefficient (Wildman–Crippen LogP) is -1.44. The summed E-state index contributed by atoms with van der Waals surface area (Å²) in [5, 5.41) is 7.23. The van der Waals surface area contributed by atoms with Gasteiger partial charge in [0.25, 0.3) is 0 Å². The number of nitrogens with one attached hydrogen (secondary N) is 2. The SMILES string of the molecule is N=NC1=NNC=C2C=CC=CC21.[Cl-]. The Bertz CT molecular complexity index is 315. The normalized spacial score (nSPS) is 23.2. The fourth-order valence-electron chi connectivity index (χ4n) is 1.27. The van der Waals surface area contributed by atoms with Crippen LogP contribution in [0.3, 0.4) is 0 Å². The van der Waals surface area contributed by atoms with Gasteiger partial charge >= 0.3 is 0 Å². The van der Waals surface area contributed by atoms with E-state index >= 15 is 0 Å². The van der Waals surface area contributed by atoms with Gasteiger partial charge in [0.05, 0.1) is 5.92 Å². The smallest absolute Gasteiger partial charge is 0.181 e. The molecule has 0 spiro atoms. The van der Waals surface area contributed by atoms with Crippen LogP contribution >= 0.6 is 0 Å². The minimum absolute atomic E-state index is 0. The molecule has 13 heavy (non-hydrogen) atoms. The molecule has 0 aromatic heterocycles. The first-order chi connectivity index (χ1) is 5.92. The summed E-state index contributed by atoms with van der Waals surface area (Å²) in [6.07, 6.45) is 9.67. The second kappa shape index (κ2) is 4.00. The molecule has 0 saturated heterocycles. The molecule has 0 aromatic rings. The highest BCUT2D eigenvalue weighted by Crippen LogP contribution is 2.22. The van der Waals surface area contributed by atoms with Gasteiger partial charge in [-0.05, 0) is 5.57 Å². The molecule has 1 atom stereocenters. The summed E-state index contributed by atoms with van der Waals surface area (Å²) in [7, 11) is 0. The monoisotopic (exact) mass is 195 g/mol. The third-order valence-electron chi connectivity index (χ3n) is 1.87. The standard InChI is InChI=1S/C8H8N4.ClH/c9-11-8-7-4-2-1-3-6(7)5-10-12-8;/h1-5,7,9-10H;1H/p-1. The third-order valence-corrected chi connectivity index (χ3v) is 1.87. The number of rotatable bonds is 0. The van der Waals surface area contributed by atoms with Crippen LogP contribution in [0.1, 0.15) is 0 Å². The molecular weight excluding hydrogens is 188 g/mol. The molecule has 2 N–H and O–H groups in total. The highest BCUT2D eigenvalue weighted by Gasteiger charge is 2.20. The molecule has 0 aromatic carbocycles. The minimum Gasteiger partial charge on any atom is -1.00 e. The number of hydrogen-bond acceptors (Lipinski definition) is 4. The summed E-state index contributed by atoms with van der Waals surface area (Å²) in [5.74, 6) is 0.571. The van der Waals surface area contributed by atoms with Crippen molar-refractivity contribution in [3.05, 3.63) is 36.1 Å². The average Bonchev–Trinajstić information content (AvgIpc) is 2.17. The van der Waals surface area contributed by atoms with Crippen LogP contribution in [0.2, 0.25) is 0 Å². The quantitative estimate of drug-likeness (QED) is 0.458. The zero-order valence-corrected chi connectivity index (χ0v) is 7.49. The van der Waals surface area contributed by atoms with Gasteiger partial charge in [-0.15, -0.1) is 5.11 Å². The molecule has 0 amide bonds. The van der Waals surface area contributed by atoms with Crippen LogP contribution in [0.5, 0.6) is 0 Å². The summed E-state index contributed by atoms with van der Waals surface area (Å²) >= 11 is 0. The van der Waals surface area contributed by atoms with Crippen molar-refractivity contribution in [1.29, 1.82) is 5.53 Å². The summed E-state index contributed by atoms with van der Waals surface area (Å²) in [6, 6.07) is 0. The molecule has 1 unspecified atom stereocenters. The highest BCUT2D eigenvalue weighted by molar-refractivity contribution is 5.90. The van der Waals surface area contributed by atoms with Gasteiger partial charge in [0.15, 0.2) is 5.84 Å². The average molecular weight is 196 g/mol. The number of fused-ring (bicyclic) bond motifs is 1. The van der Waals surface area contributed by atoms with Crippen LogP contribution in [-0.2, 0) is 0 Å². The fourth-order valence-corrected chi connectivity index (χ4v) is 1.27. The maximum absolute atomic E-state index is 6.89. The van der Waals surface area contributed by atoms with Gasteiger partial charge in [0.2, 0.25) is 0 Å². The molecule has 1 aliphatic carbocycles. The van der Waals surface area contributed by atoms with Gasteiger partial charge in [-0.25, -0.2) is 5.53 Å². The lowest BCUT2D eigenvalue weighted by Gasteiger charge is -2.18. The lowest BCUT2D eigenvalue weighted by atomic mass is 9.94.